The number of hydrogen-bond acceptors (Lipinski definition) is 13. The zero-order chi connectivity index (χ0) is 22.3. The minimum absolute atomic E-state index is 0.0509. The maximum atomic E-state index is 12.2. The second kappa shape index (κ2) is 7.76. The Bertz CT molecular complexity index is 1220. The van der Waals surface area contributed by atoms with E-state index in [2.05, 4.69) is 25.5 Å². The van der Waals surface area contributed by atoms with Crippen LogP contribution in [0.25, 0.3) is 11.2 Å². The topological polar surface area (TPSA) is 240 Å². The van der Waals surface area contributed by atoms with Gasteiger partial charge in [0.25, 0.3) is 5.56 Å². The molecule has 0 bridgehead atoms. The van der Waals surface area contributed by atoms with E-state index in [0.717, 1.165) is 16.8 Å². The number of anilines is 2. The van der Waals surface area contributed by atoms with Gasteiger partial charge < -0.3 is 30.2 Å². The zero-order valence-corrected chi connectivity index (χ0v) is 15.4. The summed E-state index contributed by atoms with van der Waals surface area (Å²) >= 11 is 0. The first kappa shape index (κ1) is 20.4. The molecule has 0 aliphatic carbocycles. The summed E-state index contributed by atoms with van der Waals surface area (Å²) in [6, 6.07) is 2.45. The lowest BCUT2D eigenvalue weighted by Crippen LogP contribution is -2.33. The van der Waals surface area contributed by atoms with Crippen molar-refractivity contribution in [2.24, 2.45) is 5.10 Å². The van der Waals surface area contributed by atoms with Crippen LogP contribution < -0.4 is 16.7 Å². The number of nitrogens with zero attached hydrogens (tertiary/aromatic N) is 5. The number of ether oxygens (including phenoxy) is 1. The molecule has 16 nitrogen and oxygen atoms in total. The summed E-state index contributed by atoms with van der Waals surface area (Å²) in [7, 11) is 0. The molecular weight excluding hydrogens is 420 g/mol. The van der Waals surface area contributed by atoms with Crippen LogP contribution in [-0.4, -0.2) is 70.9 Å². The number of H-pyrrole nitrogens is 1. The van der Waals surface area contributed by atoms with Crippen LogP contribution in [0.1, 0.15) is 12.0 Å². The van der Waals surface area contributed by atoms with Gasteiger partial charge in [0.1, 0.15) is 23.2 Å². The summed E-state index contributed by atoms with van der Waals surface area (Å²) in [4.78, 5) is 32.5. The van der Waals surface area contributed by atoms with Gasteiger partial charge in [0.05, 0.1) is 18.9 Å². The number of imidazole rings is 1. The average molecular weight is 436 g/mol. The summed E-state index contributed by atoms with van der Waals surface area (Å²) in [5, 5.41) is 44.3. The number of fused-ring (bicyclic) bond motifs is 1. The number of nitrogen functional groups attached to an aromatic ring is 1. The van der Waals surface area contributed by atoms with Crippen LogP contribution in [0.4, 0.5) is 17.8 Å². The van der Waals surface area contributed by atoms with Crippen molar-refractivity contribution in [1.82, 2.24) is 19.5 Å². The van der Waals surface area contributed by atoms with E-state index in [1.165, 1.54) is 6.07 Å². The number of aromatic nitrogens is 4. The second-order valence-electron chi connectivity index (χ2n) is 6.46. The highest BCUT2D eigenvalue weighted by atomic mass is 16.6. The van der Waals surface area contributed by atoms with Crippen molar-refractivity contribution < 1.29 is 29.4 Å². The van der Waals surface area contributed by atoms with Gasteiger partial charge in [-0.05, 0) is 6.07 Å². The van der Waals surface area contributed by atoms with Crippen LogP contribution in [0, 0.1) is 10.1 Å². The highest BCUT2D eigenvalue weighted by Gasteiger charge is 2.45. The Morgan fingerprint density at radius 1 is 1.39 bits per heavy atom. The van der Waals surface area contributed by atoms with Gasteiger partial charge in [-0.15, -0.1) is 0 Å². The van der Waals surface area contributed by atoms with Gasteiger partial charge in [0.15, 0.2) is 23.2 Å². The fourth-order valence-corrected chi connectivity index (χ4v) is 3.08. The number of rotatable bonds is 6. The Morgan fingerprint density at radius 3 is 2.81 bits per heavy atom. The van der Waals surface area contributed by atoms with Crippen LogP contribution in [-0.2, 0) is 4.74 Å². The van der Waals surface area contributed by atoms with E-state index in [9.17, 15) is 30.2 Å². The number of hydrogen-bond donors (Lipinski definition) is 6. The van der Waals surface area contributed by atoms with E-state index < -0.39 is 47.5 Å². The zero-order valence-electron chi connectivity index (χ0n) is 15.4. The van der Waals surface area contributed by atoms with Gasteiger partial charge in [0, 0.05) is 0 Å². The molecule has 1 aliphatic rings. The molecule has 1 fully saturated rings. The van der Waals surface area contributed by atoms with Crippen molar-refractivity contribution in [2.45, 2.75) is 24.5 Å². The molecule has 16 heteroatoms. The quantitative estimate of drug-likeness (QED) is 0.143. The summed E-state index contributed by atoms with van der Waals surface area (Å²) in [6.45, 7) is -0.574. The molecule has 0 unspecified atom stereocenters. The first-order chi connectivity index (χ1) is 14.8. The average Bonchev–Trinajstić information content (AvgIpc) is 3.40. The third kappa shape index (κ3) is 3.59. The van der Waals surface area contributed by atoms with Crippen LogP contribution in [0.2, 0.25) is 0 Å². The molecule has 1 aliphatic heterocycles. The van der Waals surface area contributed by atoms with Crippen LogP contribution in [0.5, 0.6) is 0 Å². The molecule has 0 aromatic carbocycles. The summed E-state index contributed by atoms with van der Waals surface area (Å²) in [5.74, 6) is -0.796. The molecule has 164 valence electrons. The third-order valence-electron chi connectivity index (χ3n) is 4.49. The molecule has 4 atom stereocenters. The highest BCUT2D eigenvalue weighted by molar-refractivity contribution is 5.78. The van der Waals surface area contributed by atoms with E-state index >= 15 is 0 Å². The lowest BCUT2D eigenvalue weighted by Gasteiger charge is -2.18. The number of nitrogens with two attached hydrogens (primary N) is 1. The monoisotopic (exact) mass is 436 g/mol. The minimum Gasteiger partial charge on any atom is -0.400 e. The van der Waals surface area contributed by atoms with Gasteiger partial charge >= 0.3 is 5.88 Å². The molecule has 4 heterocycles. The van der Waals surface area contributed by atoms with Crippen molar-refractivity contribution in [2.75, 3.05) is 17.8 Å². The minimum atomic E-state index is -1.51. The summed E-state index contributed by atoms with van der Waals surface area (Å²) in [5.41, 5.74) is 7.18. The highest BCUT2D eigenvalue weighted by Crippen LogP contribution is 2.33. The van der Waals surface area contributed by atoms with Crippen molar-refractivity contribution in [3.8, 4) is 0 Å². The van der Waals surface area contributed by atoms with E-state index in [1.807, 2.05) is 0 Å². The predicted molar refractivity (Wildman–Crippen MR) is 102 cm³/mol. The fraction of sp³-hybridized carbons (Fsp3) is 0.333. The van der Waals surface area contributed by atoms with Gasteiger partial charge in [0.2, 0.25) is 11.9 Å². The SMILES string of the molecule is Nc1nc2c(nc(N/N=C\c3ccc([N+](=O)[O-])o3)n2[C@@H]2O[C@H](CO)[C@@H](O)[C@@H]2O)c(=O)[nH]1. The standard InChI is InChI=1S/C15H16N8O8/c16-14-19-11-8(12(27)20-14)18-15(21-17-3-5-1-2-7(30-5)23(28)29)22(11)13-10(26)9(25)6(4-24)31-13/h1-3,6,9-10,13,24-26H,4H2,(H,18,21)(H3,16,19,20,27)/b17-3-/t6-,9-,10+,13-/m1/s1. The van der Waals surface area contributed by atoms with Crippen molar-refractivity contribution in [3.05, 3.63) is 38.4 Å². The number of nitrogens with one attached hydrogen (secondary N) is 2. The summed E-state index contributed by atoms with van der Waals surface area (Å²) in [6.07, 6.45) is -4.22. The predicted octanol–water partition coefficient (Wildman–Crippen LogP) is -1.74. The molecule has 7 N–H and O–H groups in total. The van der Waals surface area contributed by atoms with E-state index in [0.29, 0.717) is 0 Å². The number of aliphatic hydroxyl groups is 3. The van der Waals surface area contributed by atoms with E-state index in [-0.39, 0.29) is 28.8 Å². The Hall–Kier alpha value is -3.86. The Labute approximate surface area is 170 Å². The normalized spacial score (nSPS) is 23.7. The van der Waals surface area contributed by atoms with E-state index in [1.54, 1.807) is 0 Å². The van der Waals surface area contributed by atoms with Crippen molar-refractivity contribution in [3.63, 3.8) is 0 Å². The number of furan rings is 1. The molecule has 0 saturated carbocycles. The molecule has 3 aromatic heterocycles. The Morgan fingerprint density at radius 2 is 2.16 bits per heavy atom. The third-order valence-corrected chi connectivity index (χ3v) is 4.49. The molecule has 31 heavy (non-hydrogen) atoms. The largest absolute Gasteiger partial charge is 0.433 e. The van der Waals surface area contributed by atoms with Gasteiger partial charge in [-0.1, -0.05) is 0 Å². The number of aromatic amines is 1. The fourth-order valence-electron chi connectivity index (χ4n) is 3.08. The first-order valence-corrected chi connectivity index (χ1v) is 8.73. The Balaban J connectivity index is 1.73. The van der Waals surface area contributed by atoms with Crippen LogP contribution in [0.15, 0.2) is 26.4 Å². The van der Waals surface area contributed by atoms with Gasteiger partial charge in [-0.2, -0.15) is 10.1 Å². The maximum Gasteiger partial charge on any atom is 0.433 e. The van der Waals surface area contributed by atoms with Crippen LogP contribution in [0.3, 0.4) is 0 Å². The van der Waals surface area contributed by atoms with Gasteiger partial charge in [-0.3, -0.25) is 24.5 Å². The molecule has 4 rings (SSSR count). The number of hydrazone groups is 1. The molecule has 1 saturated heterocycles. The lowest BCUT2D eigenvalue weighted by molar-refractivity contribution is -0.402. The number of aliphatic hydroxyl groups excluding tert-OH is 3. The second-order valence-corrected chi connectivity index (χ2v) is 6.46. The molecule has 3 aromatic rings. The summed E-state index contributed by atoms with van der Waals surface area (Å²) < 4.78 is 11.6. The molecule has 0 spiro atoms. The Kier molecular flexibility index (Phi) is 5.11. The van der Waals surface area contributed by atoms with E-state index in [4.69, 9.17) is 14.9 Å². The first-order valence-electron chi connectivity index (χ1n) is 8.73. The smallest absolute Gasteiger partial charge is 0.400 e. The maximum absolute atomic E-state index is 12.2. The number of nitro groups is 1. The van der Waals surface area contributed by atoms with Crippen molar-refractivity contribution >= 4 is 35.2 Å². The molecular formula is C15H16N8O8. The lowest BCUT2D eigenvalue weighted by atomic mass is 10.1. The van der Waals surface area contributed by atoms with Crippen molar-refractivity contribution in [1.29, 1.82) is 0 Å². The molecule has 0 radical (unpaired) electrons. The molecule has 0 amide bonds. The van der Waals surface area contributed by atoms with Crippen LogP contribution >= 0.6 is 0 Å². The van der Waals surface area contributed by atoms with Gasteiger partial charge in [-0.25, -0.2) is 10.4 Å².